The van der Waals surface area contributed by atoms with E-state index in [0.717, 1.165) is 16.8 Å². The molecule has 0 fully saturated rings. The second-order valence-electron chi connectivity index (χ2n) is 7.58. The van der Waals surface area contributed by atoms with Gasteiger partial charge in [-0.15, -0.1) is 0 Å². The Hall–Kier alpha value is -3.47. The van der Waals surface area contributed by atoms with Crippen molar-refractivity contribution < 1.29 is 9.53 Å². The normalized spacial score (nSPS) is 11.1. The monoisotopic (exact) mass is 375 g/mol. The van der Waals surface area contributed by atoms with Crippen molar-refractivity contribution in [1.82, 2.24) is 0 Å². The number of nitrogen functional groups attached to an aromatic ring is 2. The summed E-state index contributed by atoms with van der Waals surface area (Å²) in [7, 11) is 0. The van der Waals surface area contributed by atoms with Gasteiger partial charge in [0.2, 0.25) is 0 Å². The van der Waals surface area contributed by atoms with E-state index in [9.17, 15) is 4.79 Å². The van der Waals surface area contributed by atoms with Crippen molar-refractivity contribution in [2.75, 3.05) is 16.4 Å². The lowest BCUT2D eigenvalue weighted by Gasteiger charge is -2.27. The van der Waals surface area contributed by atoms with Crippen LogP contribution in [0.4, 0.5) is 27.5 Å². The van der Waals surface area contributed by atoms with E-state index in [2.05, 4.69) is 0 Å². The third-order valence-electron chi connectivity index (χ3n) is 4.10. The molecule has 144 valence electrons. The van der Waals surface area contributed by atoms with Crippen LogP contribution in [0, 0.1) is 0 Å². The summed E-state index contributed by atoms with van der Waals surface area (Å²) < 4.78 is 5.61. The van der Waals surface area contributed by atoms with Gasteiger partial charge in [0.1, 0.15) is 5.60 Å². The molecule has 0 bridgehead atoms. The van der Waals surface area contributed by atoms with E-state index >= 15 is 0 Å². The van der Waals surface area contributed by atoms with Crippen molar-refractivity contribution in [1.29, 1.82) is 0 Å². The largest absolute Gasteiger partial charge is 0.443 e. The van der Waals surface area contributed by atoms with Gasteiger partial charge < -0.3 is 16.2 Å². The Labute approximate surface area is 165 Å². The van der Waals surface area contributed by atoms with Crippen LogP contribution in [0.15, 0.2) is 72.8 Å². The van der Waals surface area contributed by atoms with Crippen molar-refractivity contribution in [2.45, 2.75) is 26.4 Å². The van der Waals surface area contributed by atoms with Gasteiger partial charge >= 0.3 is 6.09 Å². The highest BCUT2D eigenvalue weighted by molar-refractivity contribution is 5.96. The van der Waals surface area contributed by atoms with Gasteiger partial charge in [-0.3, -0.25) is 0 Å². The van der Waals surface area contributed by atoms with Crippen molar-refractivity contribution in [2.24, 2.45) is 0 Å². The molecular formula is C23H25N3O2. The summed E-state index contributed by atoms with van der Waals surface area (Å²) in [6, 6.07) is 22.5. The van der Waals surface area contributed by atoms with Crippen LogP contribution in [0.25, 0.3) is 11.1 Å². The van der Waals surface area contributed by atoms with E-state index in [1.807, 2.05) is 69.3 Å². The van der Waals surface area contributed by atoms with Gasteiger partial charge in [0.15, 0.2) is 0 Å². The Kier molecular flexibility index (Phi) is 5.27. The molecule has 0 atom stereocenters. The first-order chi connectivity index (χ1) is 13.2. The van der Waals surface area contributed by atoms with Gasteiger partial charge in [-0.1, -0.05) is 24.3 Å². The highest BCUT2D eigenvalue weighted by Gasteiger charge is 2.25. The van der Waals surface area contributed by atoms with Crippen LogP contribution < -0.4 is 16.4 Å². The van der Waals surface area contributed by atoms with E-state index < -0.39 is 11.7 Å². The molecule has 3 rings (SSSR count). The topological polar surface area (TPSA) is 81.6 Å². The molecule has 5 heteroatoms. The molecule has 0 aliphatic carbocycles. The molecule has 28 heavy (non-hydrogen) atoms. The Morgan fingerprint density at radius 3 is 1.50 bits per heavy atom. The smallest absolute Gasteiger partial charge is 0.419 e. The van der Waals surface area contributed by atoms with Gasteiger partial charge in [-0.05, 0) is 80.4 Å². The number of benzene rings is 3. The lowest BCUT2D eigenvalue weighted by molar-refractivity contribution is 0.0599. The van der Waals surface area contributed by atoms with Crippen LogP contribution in [-0.2, 0) is 4.74 Å². The van der Waals surface area contributed by atoms with E-state index in [1.165, 1.54) is 4.90 Å². The summed E-state index contributed by atoms with van der Waals surface area (Å²) in [5.41, 5.74) is 15.8. The fraction of sp³-hybridized carbons (Fsp3) is 0.174. The molecule has 0 saturated heterocycles. The van der Waals surface area contributed by atoms with Crippen molar-refractivity contribution in [3.8, 4) is 11.1 Å². The van der Waals surface area contributed by atoms with Gasteiger partial charge in [0.25, 0.3) is 0 Å². The maximum Gasteiger partial charge on any atom is 0.419 e. The Morgan fingerprint density at radius 2 is 1.07 bits per heavy atom. The lowest BCUT2D eigenvalue weighted by atomic mass is 10.0. The number of amides is 1. The summed E-state index contributed by atoms with van der Waals surface area (Å²) in [5.74, 6) is 0. The average Bonchev–Trinajstić information content (AvgIpc) is 2.63. The van der Waals surface area contributed by atoms with Crippen molar-refractivity contribution in [3.05, 3.63) is 72.8 Å². The van der Waals surface area contributed by atoms with Crippen LogP contribution in [0.5, 0.6) is 0 Å². The molecule has 0 heterocycles. The zero-order valence-electron chi connectivity index (χ0n) is 16.3. The van der Waals surface area contributed by atoms with Gasteiger partial charge in [0, 0.05) is 11.4 Å². The number of nitrogens with two attached hydrogens (primary N) is 2. The average molecular weight is 375 g/mol. The number of nitrogens with zero attached hydrogens (tertiary/aromatic N) is 1. The SMILES string of the molecule is CC(C)(C)OC(=O)N(c1ccc(N)cc1)c1ccc(-c2ccc(N)cc2)cc1. The number of anilines is 4. The fourth-order valence-electron chi connectivity index (χ4n) is 2.77. The Bertz CT molecular complexity index is 941. The molecule has 1 amide bonds. The zero-order chi connectivity index (χ0) is 20.3. The van der Waals surface area contributed by atoms with E-state index in [0.29, 0.717) is 17.1 Å². The van der Waals surface area contributed by atoms with Gasteiger partial charge in [0.05, 0.1) is 11.4 Å². The Balaban J connectivity index is 1.96. The number of hydrogen-bond donors (Lipinski definition) is 2. The van der Waals surface area contributed by atoms with Crippen molar-refractivity contribution >= 4 is 28.8 Å². The predicted octanol–water partition coefficient (Wildman–Crippen LogP) is 5.59. The van der Waals surface area contributed by atoms with Crippen LogP contribution in [0.1, 0.15) is 20.8 Å². The second kappa shape index (κ2) is 7.64. The number of carbonyl (C=O) groups is 1. The third kappa shape index (κ3) is 4.62. The standard InChI is InChI=1S/C23H25N3O2/c1-23(2,3)28-22(27)26(21-14-10-19(25)11-15-21)20-12-6-17(7-13-20)16-4-8-18(24)9-5-16/h4-15H,24-25H2,1-3H3. The molecule has 3 aromatic rings. The third-order valence-corrected chi connectivity index (χ3v) is 4.10. The summed E-state index contributed by atoms with van der Waals surface area (Å²) in [6.45, 7) is 5.53. The highest BCUT2D eigenvalue weighted by atomic mass is 16.6. The van der Waals surface area contributed by atoms with E-state index in [1.54, 1.807) is 24.3 Å². The number of carbonyl (C=O) groups excluding carboxylic acids is 1. The quantitative estimate of drug-likeness (QED) is 0.585. The molecule has 0 aromatic heterocycles. The molecule has 0 radical (unpaired) electrons. The highest BCUT2D eigenvalue weighted by Crippen LogP contribution is 2.31. The molecule has 4 N–H and O–H groups in total. The minimum Gasteiger partial charge on any atom is -0.443 e. The van der Waals surface area contributed by atoms with Crippen molar-refractivity contribution in [3.63, 3.8) is 0 Å². The van der Waals surface area contributed by atoms with Crippen LogP contribution in [0.2, 0.25) is 0 Å². The molecule has 0 aliphatic heterocycles. The first-order valence-electron chi connectivity index (χ1n) is 9.07. The van der Waals surface area contributed by atoms with Gasteiger partial charge in [-0.2, -0.15) is 0 Å². The molecule has 0 spiro atoms. The summed E-state index contributed by atoms with van der Waals surface area (Å²) in [6.07, 6.45) is -0.447. The summed E-state index contributed by atoms with van der Waals surface area (Å²) in [4.78, 5) is 14.4. The number of ether oxygens (including phenoxy) is 1. The predicted molar refractivity (Wildman–Crippen MR) is 116 cm³/mol. The molecule has 0 unspecified atom stereocenters. The number of hydrogen-bond acceptors (Lipinski definition) is 4. The van der Waals surface area contributed by atoms with E-state index in [-0.39, 0.29) is 0 Å². The lowest BCUT2D eigenvalue weighted by Crippen LogP contribution is -2.33. The minimum atomic E-state index is -0.604. The molecule has 3 aromatic carbocycles. The second-order valence-corrected chi connectivity index (χ2v) is 7.58. The van der Waals surface area contributed by atoms with Crippen LogP contribution in [0.3, 0.4) is 0 Å². The summed E-state index contributed by atoms with van der Waals surface area (Å²) in [5, 5.41) is 0. The minimum absolute atomic E-state index is 0.447. The van der Waals surface area contributed by atoms with Gasteiger partial charge in [-0.25, -0.2) is 9.69 Å². The fourth-order valence-corrected chi connectivity index (χ4v) is 2.77. The zero-order valence-corrected chi connectivity index (χ0v) is 16.3. The first kappa shape index (κ1) is 19.3. The van der Waals surface area contributed by atoms with Crippen LogP contribution >= 0.6 is 0 Å². The number of rotatable bonds is 3. The molecule has 0 saturated carbocycles. The Morgan fingerprint density at radius 1 is 0.714 bits per heavy atom. The molecule has 0 aliphatic rings. The maximum atomic E-state index is 12.9. The molecular weight excluding hydrogens is 350 g/mol. The summed E-state index contributed by atoms with van der Waals surface area (Å²) >= 11 is 0. The first-order valence-corrected chi connectivity index (χ1v) is 9.07. The van der Waals surface area contributed by atoms with E-state index in [4.69, 9.17) is 16.2 Å². The van der Waals surface area contributed by atoms with Crippen LogP contribution in [-0.4, -0.2) is 11.7 Å². The maximum absolute atomic E-state index is 12.9. The molecule has 5 nitrogen and oxygen atoms in total.